The van der Waals surface area contributed by atoms with Gasteiger partial charge in [0.25, 0.3) is 5.91 Å². The summed E-state index contributed by atoms with van der Waals surface area (Å²) in [5.74, 6) is -0.104. The first-order chi connectivity index (χ1) is 8.02. The molecule has 0 spiro atoms. The summed E-state index contributed by atoms with van der Waals surface area (Å²) < 4.78 is 0. The van der Waals surface area contributed by atoms with E-state index in [9.17, 15) is 9.90 Å². The van der Waals surface area contributed by atoms with Gasteiger partial charge >= 0.3 is 0 Å². The first-order valence-electron chi connectivity index (χ1n) is 5.75. The van der Waals surface area contributed by atoms with Gasteiger partial charge in [-0.25, -0.2) is 0 Å². The Morgan fingerprint density at radius 1 is 1.41 bits per heavy atom. The van der Waals surface area contributed by atoms with Crippen molar-refractivity contribution in [2.45, 2.75) is 32.7 Å². The predicted octanol–water partition coefficient (Wildman–Crippen LogP) is 1.59. The number of carbonyl (C=O) groups excluding carboxylic acids is 1. The van der Waals surface area contributed by atoms with Crippen molar-refractivity contribution in [3.63, 3.8) is 0 Å². The van der Waals surface area contributed by atoms with Crippen LogP contribution in [0, 0.1) is 6.92 Å². The highest BCUT2D eigenvalue weighted by atomic mass is 16.3. The maximum absolute atomic E-state index is 11.8. The Morgan fingerprint density at radius 3 is 2.71 bits per heavy atom. The lowest BCUT2D eigenvalue weighted by molar-refractivity contribution is 0.0936. The van der Waals surface area contributed by atoms with Crippen molar-refractivity contribution < 1.29 is 15.0 Å². The van der Waals surface area contributed by atoms with Crippen LogP contribution in [-0.4, -0.2) is 28.8 Å². The zero-order chi connectivity index (χ0) is 12.8. The second-order valence-corrected chi connectivity index (χ2v) is 4.30. The molecule has 1 aromatic carbocycles. The number of aromatic hydroxyl groups is 1. The lowest BCUT2D eigenvalue weighted by atomic mass is 10.1. The van der Waals surface area contributed by atoms with E-state index in [1.54, 1.807) is 12.1 Å². The number of benzene rings is 1. The fourth-order valence-corrected chi connectivity index (χ4v) is 1.67. The van der Waals surface area contributed by atoms with Crippen LogP contribution < -0.4 is 5.32 Å². The summed E-state index contributed by atoms with van der Waals surface area (Å²) in [4.78, 5) is 11.8. The summed E-state index contributed by atoms with van der Waals surface area (Å²) in [6.07, 6.45) is 1.40. The fraction of sp³-hybridized carbons (Fsp3) is 0.462. The second-order valence-electron chi connectivity index (χ2n) is 4.30. The van der Waals surface area contributed by atoms with E-state index in [1.165, 1.54) is 6.07 Å². The predicted molar refractivity (Wildman–Crippen MR) is 66.1 cm³/mol. The first kappa shape index (κ1) is 13.5. The van der Waals surface area contributed by atoms with E-state index in [2.05, 4.69) is 5.32 Å². The van der Waals surface area contributed by atoms with Crippen molar-refractivity contribution in [3.8, 4) is 5.75 Å². The number of aliphatic hydroxyl groups is 1. The van der Waals surface area contributed by atoms with Gasteiger partial charge in [0.1, 0.15) is 5.75 Å². The lowest BCUT2D eigenvalue weighted by Crippen LogP contribution is -2.32. The molecule has 0 aromatic heterocycles. The summed E-state index contributed by atoms with van der Waals surface area (Å²) in [6.45, 7) is 3.85. The van der Waals surface area contributed by atoms with Crippen LogP contribution in [0.5, 0.6) is 5.75 Å². The molecule has 0 aliphatic heterocycles. The van der Waals surface area contributed by atoms with E-state index in [4.69, 9.17) is 5.11 Å². The summed E-state index contributed by atoms with van der Waals surface area (Å²) >= 11 is 0. The number of phenolic OH excluding ortho intramolecular Hbond substituents is 1. The van der Waals surface area contributed by atoms with Crippen LogP contribution >= 0.6 is 0 Å². The molecule has 0 aliphatic rings. The molecule has 3 N–H and O–H groups in total. The van der Waals surface area contributed by atoms with Crippen molar-refractivity contribution >= 4 is 5.91 Å². The number of hydrogen-bond donors (Lipinski definition) is 3. The van der Waals surface area contributed by atoms with Crippen LogP contribution in [0.25, 0.3) is 0 Å². The smallest absolute Gasteiger partial charge is 0.251 e. The molecule has 1 unspecified atom stereocenters. The normalized spacial score (nSPS) is 12.2. The molecule has 0 aliphatic carbocycles. The van der Waals surface area contributed by atoms with Gasteiger partial charge in [-0.2, -0.15) is 0 Å². The van der Waals surface area contributed by atoms with Crippen LogP contribution in [0.2, 0.25) is 0 Å². The molecule has 1 amide bonds. The van der Waals surface area contributed by atoms with E-state index in [0.717, 1.165) is 12.0 Å². The number of hydrogen-bond acceptors (Lipinski definition) is 3. The molecule has 1 aromatic rings. The van der Waals surface area contributed by atoms with Crippen molar-refractivity contribution in [2.24, 2.45) is 0 Å². The van der Waals surface area contributed by atoms with Gasteiger partial charge in [-0.15, -0.1) is 0 Å². The largest absolute Gasteiger partial charge is 0.508 e. The van der Waals surface area contributed by atoms with Crippen LogP contribution in [0.1, 0.15) is 35.7 Å². The number of aryl methyl sites for hydroxylation is 1. The van der Waals surface area contributed by atoms with Gasteiger partial charge < -0.3 is 15.5 Å². The molecule has 4 heteroatoms. The highest BCUT2D eigenvalue weighted by Gasteiger charge is 2.10. The summed E-state index contributed by atoms with van der Waals surface area (Å²) in [5.41, 5.74) is 1.30. The number of aliphatic hydroxyl groups excluding tert-OH is 1. The topological polar surface area (TPSA) is 69.6 Å². The Balaban J connectivity index is 2.63. The molecule has 1 atom stereocenters. The van der Waals surface area contributed by atoms with E-state index in [0.29, 0.717) is 12.0 Å². The zero-order valence-corrected chi connectivity index (χ0v) is 10.2. The van der Waals surface area contributed by atoms with Crippen LogP contribution in [0.4, 0.5) is 0 Å². The number of rotatable bonds is 5. The third-order valence-electron chi connectivity index (χ3n) is 2.50. The number of carbonyl (C=O) groups is 1. The van der Waals surface area contributed by atoms with E-state index in [1.807, 2.05) is 13.8 Å². The molecular formula is C13H19NO3. The van der Waals surface area contributed by atoms with Crippen molar-refractivity contribution in [2.75, 3.05) is 6.61 Å². The van der Waals surface area contributed by atoms with Gasteiger partial charge in [0.2, 0.25) is 0 Å². The zero-order valence-electron chi connectivity index (χ0n) is 10.2. The minimum Gasteiger partial charge on any atom is -0.508 e. The van der Waals surface area contributed by atoms with E-state index >= 15 is 0 Å². The highest BCUT2D eigenvalue weighted by molar-refractivity contribution is 5.94. The Hall–Kier alpha value is -1.55. The van der Waals surface area contributed by atoms with Gasteiger partial charge in [0, 0.05) is 18.2 Å². The molecule has 94 valence electrons. The second kappa shape index (κ2) is 6.25. The fourth-order valence-electron chi connectivity index (χ4n) is 1.67. The SMILES string of the molecule is Cc1cc(O)cc(C(=O)NC(C)CCCO)c1. The molecule has 0 saturated heterocycles. The molecule has 0 saturated carbocycles. The Kier molecular flexibility index (Phi) is 4.97. The van der Waals surface area contributed by atoms with E-state index < -0.39 is 0 Å². The van der Waals surface area contributed by atoms with Gasteiger partial charge in [-0.05, 0) is 50.5 Å². The number of nitrogens with one attached hydrogen (secondary N) is 1. The van der Waals surface area contributed by atoms with Gasteiger partial charge in [0.05, 0.1) is 0 Å². The highest BCUT2D eigenvalue weighted by Crippen LogP contribution is 2.15. The Bertz CT molecular complexity index is 370. The number of amides is 1. The third kappa shape index (κ3) is 4.44. The molecular weight excluding hydrogens is 218 g/mol. The summed E-state index contributed by atoms with van der Waals surface area (Å²) in [5, 5.41) is 20.9. The number of phenols is 1. The van der Waals surface area contributed by atoms with E-state index in [-0.39, 0.29) is 24.3 Å². The average Bonchev–Trinajstić information content (AvgIpc) is 2.25. The third-order valence-corrected chi connectivity index (χ3v) is 2.50. The first-order valence-corrected chi connectivity index (χ1v) is 5.75. The Morgan fingerprint density at radius 2 is 2.12 bits per heavy atom. The maximum atomic E-state index is 11.8. The van der Waals surface area contributed by atoms with Crippen molar-refractivity contribution in [1.82, 2.24) is 5.32 Å². The molecule has 4 nitrogen and oxygen atoms in total. The molecule has 0 heterocycles. The lowest BCUT2D eigenvalue weighted by Gasteiger charge is -2.13. The average molecular weight is 237 g/mol. The molecule has 0 radical (unpaired) electrons. The molecule has 17 heavy (non-hydrogen) atoms. The van der Waals surface area contributed by atoms with Crippen molar-refractivity contribution in [1.29, 1.82) is 0 Å². The van der Waals surface area contributed by atoms with Crippen molar-refractivity contribution in [3.05, 3.63) is 29.3 Å². The van der Waals surface area contributed by atoms with Crippen LogP contribution in [0.3, 0.4) is 0 Å². The monoisotopic (exact) mass is 237 g/mol. The minimum absolute atomic E-state index is 0.0114. The maximum Gasteiger partial charge on any atom is 0.251 e. The van der Waals surface area contributed by atoms with Gasteiger partial charge in [-0.3, -0.25) is 4.79 Å². The molecule has 1 rings (SSSR count). The summed E-state index contributed by atoms with van der Waals surface area (Å²) in [7, 11) is 0. The van der Waals surface area contributed by atoms with Crippen LogP contribution in [0.15, 0.2) is 18.2 Å². The minimum atomic E-state index is -0.200. The quantitative estimate of drug-likeness (QED) is 0.728. The van der Waals surface area contributed by atoms with Gasteiger partial charge in [0.15, 0.2) is 0 Å². The Labute approximate surface area is 101 Å². The summed E-state index contributed by atoms with van der Waals surface area (Å²) in [6, 6.07) is 4.79. The standard InChI is InChI=1S/C13H19NO3/c1-9-6-11(8-12(16)7-9)13(17)14-10(2)4-3-5-15/h6-8,10,15-16H,3-5H2,1-2H3,(H,14,17). The molecule has 0 bridgehead atoms. The van der Waals surface area contributed by atoms with Gasteiger partial charge in [-0.1, -0.05) is 0 Å². The van der Waals surface area contributed by atoms with Crippen LogP contribution in [-0.2, 0) is 0 Å². The molecule has 0 fully saturated rings.